The van der Waals surface area contributed by atoms with E-state index in [0.717, 1.165) is 5.56 Å². The Bertz CT molecular complexity index is 682. The molecule has 0 aliphatic rings. The molecule has 0 spiro atoms. The third-order valence-electron chi connectivity index (χ3n) is 2.45. The zero-order valence-corrected chi connectivity index (χ0v) is 11.1. The lowest BCUT2D eigenvalue weighted by molar-refractivity contribution is 0.584. The van der Waals surface area contributed by atoms with Crippen LogP contribution in [0.5, 0.6) is 0 Å². The predicted octanol–water partition coefficient (Wildman–Crippen LogP) is 1.70. The normalized spacial score (nSPS) is 11.6. The molecule has 0 unspecified atom stereocenters. The Balaban J connectivity index is 2.15. The third kappa shape index (κ3) is 3.38. The van der Waals surface area contributed by atoms with Crippen LogP contribution in [-0.4, -0.2) is 19.6 Å². The number of rotatable bonds is 4. The van der Waals surface area contributed by atoms with Crippen molar-refractivity contribution >= 4 is 16.2 Å². The number of nitrogens with zero attached hydrogens (tertiary/aromatic N) is 2. The molecule has 1 N–H and O–H groups in total. The number of sulfonamides is 1. The minimum Gasteiger partial charge on any atom is -0.264 e. The van der Waals surface area contributed by atoms with Gasteiger partial charge in [0.2, 0.25) is 0 Å². The Kier molecular flexibility index (Phi) is 3.91. The zero-order chi connectivity index (χ0) is 13.7. The van der Waals surface area contributed by atoms with E-state index in [1.165, 1.54) is 12.3 Å². The molecule has 1 heterocycles. The van der Waals surface area contributed by atoms with Crippen molar-refractivity contribution in [2.45, 2.75) is 11.8 Å². The maximum absolute atomic E-state index is 12.0. The van der Waals surface area contributed by atoms with Crippen molar-refractivity contribution < 1.29 is 8.42 Å². The number of hydrogen-bond acceptors (Lipinski definition) is 4. The van der Waals surface area contributed by atoms with E-state index in [-0.39, 0.29) is 4.90 Å². The molecule has 0 aliphatic heterocycles. The molecule has 0 radical (unpaired) electrons. The Morgan fingerprint density at radius 2 is 2.00 bits per heavy atom. The van der Waals surface area contributed by atoms with Crippen LogP contribution in [0, 0.1) is 6.92 Å². The molecule has 1 aromatic heterocycles. The highest BCUT2D eigenvalue weighted by molar-refractivity contribution is 7.89. The van der Waals surface area contributed by atoms with Crippen LogP contribution in [0.2, 0.25) is 0 Å². The second-order valence-corrected chi connectivity index (χ2v) is 5.53. The van der Waals surface area contributed by atoms with Crippen LogP contribution >= 0.6 is 0 Å². The summed E-state index contributed by atoms with van der Waals surface area (Å²) in [6.45, 7) is 1.74. The Hall–Kier alpha value is -2.21. The molecular formula is C13H13N3O2S. The smallest absolute Gasteiger partial charge is 0.264 e. The fourth-order valence-electron chi connectivity index (χ4n) is 1.53. The van der Waals surface area contributed by atoms with Gasteiger partial charge in [-0.15, -0.1) is 0 Å². The summed E-state index contributed by atoms with van der Waals surface area (Å²) >= 11 is 0. The predicted molar refractivity (Wildman–Crippen MR) is 73.3 cm³/mol. The molecule has 98 valence electrons. The molecule has 0 fully saturated rings. The van der Waals surface area contributed by atoms with Gasteiger partial charge in [-0.05, 0) is 24.6 Å². The summed E-state index contributed by atoms with van der Waals surface area (Å²) < 4.78 is 24.0. The first-order chi connectivity index (χ1) is 9.09. The van der Waals surface area contributed by atoms with Gasteiger partial charge in [0.05, 0.1) is 11.1 Å². The standard InChI is InChI=1S/C13H13N3O2S/c1-11-5-2-3-7-13(11)19(17,18)16-15-10-12-6-4-8-14-9-12/h2-10,16H,1H3/b15-10+. The van der Waals surface area contributed by atoms with Crippen LogP contribution in [0.15, 0.2) is 58.8 Å². The Morgan fingerprint density at radius 1 is 1.21 bits per heavy atom. The second kappa shape index (κ2) is 5.62. The number of pyridine rings is 1. The third-order valence-corrected chi connectivity index (χ3v) is 3.84. The first-order valence-electron chi connectivity index (χ1n) is 5.60. The highest BCUT2D eigenvalue weighted by atomic mass is 32.2. The highest BCUT2D eigenvalue weighted by Gasteiger charge is 2.14. The number of hydrogen-bond donors (Lipinski definition) is 1. The second-order valence-electron chi connectivity index (χ2n) is 3.90. The van der Waals surface area contributed by atoms with Gasteiger partial charge in [-0.1, -0.05) is 24.3 Å². The number of aromatic nitrogens is 1. The summed E-state index contributed by atoms with van der Waals surface area (Å²) in [6, 6.07) is 10.3. The molecule has 5 nitrogen and oxygen atoms in total. The molecule has 6 heteroatoms. The quantitative estimate of drug-likeness (QED) is 0.682. The molecule has 0 aliphatic carbocycles. The van der Waals surface area contributed by atoms with Crippen molar-refractivity contribution in [3.63, 3.8) is 0 Å². The molecule has 0 atom stereocenters. The van der Waals surface area contributed by atoms with Crippen molar-refractivity contribution in [2.75, 3.05) is 0 Å². The van der Waals surface area contributed by atoms with Gasteiger partial charge in [-0.3, -0.25) is 4.98 Å². The van der Waals surface area contributed by atoms with Crippen molar-refractivity contribution in [3.8, 4) is 0 Å². The molecule has 2 aromatic rings. The van der Waals surface area contributed by atoms with Gasteiger partial charge >= 0.3 is 0 Å². The van der Waals surface area contributed by atoms with Crippen LogP contribution in [0.1, 0.15) is 11.1 Å². The topological polar surface area (TPSA) is 71.4 Å². The summed E-state index contributed by atoms with van der Waals surface area (Å²) in [5.74, 6) is 0. The first kappa shape index (κ1) is 13.2. The molecule has 0 saturated carbocycles. The van der Waals surface area contributed by atoms with Crippen molar-refractivity contribution in [1.29, 1.82) is 0 Å². The van der Waals surface area contributed by atoms with Crippen LogP contribution in [0.4, 0.5) is 0 Å². The summed E-state index contributed by atoms with van der Waals surface area (Å²) in [5, 5.41) is 3.73. The van der Waals surface area contributed by atoms with E-state index >= 15 is 0 Å². The summed E-state index contributed by atoms with van der Waals surface area (Å²) in [7, 11) is -3.63. The van der Waals surface area contributed by atoms with Gasteiger partial charge in [-0.2, -0.15) is 13.5 Å². The fourth-order valence-corrected chi connectivity index (χ4v) is 2.57. The molecule has 19 heavy (non-hydrogen) atoms. The summed E-state index contributed by atoms with van der Waals surface area (Å²) in [4.78, 5) is 6.30. The lowest BCUT2D eigenvalue weighted by Crippen LogP contribution is -2.19. The molecule has 0 bridgehead atoms. The maximum atomic E-state index is 12.0. The lowest BCUT2D eigenvalue weighted by Gasteiger charge is -2.05. The average molecular weight is 275 g/mol. The number of hydrazone groups is 1. The Labute approximate surface area is 112 Å². The van der Waals surface area contributed by atoms with E-state index in [1.807, 2.05) is 0 Å². The highest BCUT2D eigenvalue weighted by Crippen LogP contribution is 2.13. The van der Waals surface area contributed by atoms with E-state index in [2.05, 4.69) is 14.9 Å². The van der Waals surface area contributed by atoms with E-state index in [9.17, 15) is 8.42 Å². The van der Waals surface area contributed by atoms with Gasteiger partial charge in [-0.25, -0.2) is 4.83 Å². The SMILES string of the molecule is Cc1ccccc1S(=O)(=O)N/N=C/c1cccnc1. The lowest BCUT2D eigenvalue weighted by atomic mass is 10.2. The van der Waals surface area contributed by atoms with Crippen molar-refractivity contribution in [3.05, 3.63) is 59.9 Å². The van der Waals surface area contributed by atoms with E-state index in [4.69, 9.17) is 0 Å². The van der Waals surface area contributed by atoms with Gasteiger partial charge in [0.15, 0.2) is 0 Å². The number of benzene rings is 1. The molecular weight excluding hydrogens is 262 g/mol. The number of nitrogens with one attached hydrogen (secondary N) is 1. The number of aryl methyl sites for hydroxylation is 1. The van der Waals surface area contributed by atoms with Crippen LogP contribution in [-0.2, 0) is 10.0 Å². The van der Waals surface area contributed by atoms with E-state index in [1.54, 1.807) is 49.6 Å². The monoisotopic (exact) mass is 275 g/mol. The molecule has 0 saturated heterocycles. The summed E-state index contributed by atoms with van der Waals surface area (Å²) in [5.41, 5.74) is 1.39. The Morgan fingerprint density at radius 3 is 2.68 bits per heavy atom. The molecule has 1 aromatic carbocycles. The maximum Gasteiger partial charge on any atom is 0.276 e. The molecule has 0 amide bonds. The minimum absolute atomic E-state index is 0.221. The van der Waals surface area contributed by atoms with Crippen LogP contribution in [0.25, 0.3) is 0 Å². The van der Waals surface area contributed by atoms with Crippen molar-refractivity contribution in [1.82, 2.24) is 9.82 Å². The van der Waals surface area contributed by atoms with Crippen LogP contribution < -0.4 is 4.83 Å². The largest absolute Gasteiger partial charge is 0.276 e. The van der Waals surface area contributed by atoms with Crippen molar-refractivity contribution in [2.24, 2.45) is 5.10 Å². The van der Waals surface area contributed by atoms with E-state index in [0.29, 0.717) is 5.56 Å². The van der Waals surface area contributed by atoms with E-state index < -0.39 is 10.0 Å². The zero-order valence-electron chi connectivity index (χ0n) is 10.3. The van der Waals surface area contributed by atoms with Gasteiger partial charge in [0.25, 0.3) is 10.0 Å². The average Bonchev–Trinajstić information content (AvgIpc) is 2.40. The summed E-state index contributed by atoms with van der Waals surface area (Å²) in [6.07, 6.45) is 4.63. The molecule has 2 rings (SSSR count). The first-order valence-corrected chi connectivity index (χ1v) is 7.08. The fraction of sp³-hybridized carbons (Fsp3) is 0.0769. The van der Waals surface area contributed by atoms with Crippen LogP contribution in [0.3, 0.4) is 0 Å². The van der Waals surface area contributed by atoms with Gasteiger partial charge in [0, 0.05) is 18.0 Å². The van der Waals surface area contributed by atoms with Gasteiger partial charge < -0.3 is 0 Å². The van der Waals surface area contributed by atoms with Gasteiger partial charge in [0.1, 0.15) is 0 Å². The minimum atomic E-state index is -3.63.